The Bertz CT molecular complexity index is 747. The Balaban J connectivity index is 2.17. The Hall–Kier alpha value is -2.14. The maximum absolute atomic E-state index is 12.4. The van der Waals surface area contributed by atoms with Crippen LogP contribution in [0.1, 0.15) is 49.9 Å². The van der Waals surface area contributed by atoms with E-state index >= 15 is 0 Å². The van der Waals surface area contributed by atoms with Crippen LogP contribution in [0.2, 0.25) is 0 Å². The van der Waals surface area contributed by atoms with Crippen LogP contribution in [0.5, 0.6) is 0 Å². The van der Waals surface area contributed by atoms with Crippen molar-refractivity contribution >= 4 is 28.8 Å². The van der Waals surface area contributed by atoms with Crippen LogP contribution in [0.25, 0.3) is 0 Å². The molecule has 122 valence electrons. The first kappa shape index (κ1) is 17.2. The first-order chi connectivity index (χ1) is 10.8. The second-order valence-electron chi connectivity index (χ2n) is 5.94. The fraction of sp³-hybridized carbons (Fsp3) is 0.333. The van der Waals surface area contributed by atoms with E-state index in [2.05, 4.69) is 10.6 Å². The first-order valence-corrected chi connectivity index (χ1v) is 8.39. The molecule has 2 N–H and O–H groups in total. The van der Waals surface area contributed by atoms with E-state index in [0.29, 0.717) is 11.1 Å². The maximum atomic E-state index is 12.4. The third-order valence-electron chi connectivity index (χ3n) is 3.44. The third-order valence-corrected chi connectivity index (χ3v) is 4.41. The summed E-state index contributed by atoms with van der Waals surface area (Å²) in [5, 5.41) is 5.78. The van der Waals surface area contributed by atoms with Crippen molar-refractivity contribution in [2.24, 2.45) is 0 Å². The number of anilines is 1. The number of hydrogen-bond donors (Lipinski definition) is 2. The summed E-state index contributed by atoms with van der Waals surface area (Å²) in [6.45, 7) is 9.66. The van der Waals surface area contributed by atoms with Crippen molar-refractivity contribution in [1.82, 2.24) is 5.32 Å². The van der Waals surface area contributed by atoms with E-state index in [1.54, 1.807) is 29.5 Å². The van der Waals surface area contributed by atoms with Gasteiger partial charge in [0, 0.05) is 27.0 Å². The number of carbonyl (C=O) groups excluding carboxylic acids is 2. The van der Waals surface area contributed by atoms with Crippen molar-refractivity contribution in [3.63, 3.8) is 0 Å². The van der Waals surface area contributed by atoms with Crippen molar-refractivity contribution in [2.75, 3.05) is 5.32 Å². The lowest BCUT2D eigenvalue weighted by atomic mass is 10.1. The number of nitrogens with one attached hydrogen (secondary N) is 2. The van der Waals surface area contributed by atoms with Crippen molar-refractivity contribution in [2.45, 2.75) is 40.7 Å². The average Bonchev–Trinajstić information content (AvgIpc) is 2.79. The van der Waals surface area contributed by atoms with Crippen LogP contribution >= 0.6 is 11.3 Å². The van der Waals surface area contributed by atoms with Crippen molar-refractivity contribution < 1.29 is 9.59 Å². The van der Waals surface area contributed by atoms with Gasteiger partial charge in [-0.2, -0.15) is 0 Å². The minimum Gasteiger partial charge on any atom is -0.350 e. The van der Waals surface area contributed by atoms with Crippen LogP contribution in [0, 0.1) is 20.8 Å². The van der Waals surface area contributed by atoms with E-state index in [1.165, 1.54) is 0 Å². The molecule has 5 heteroatoms. The maximum Gasteiger partial charge on any atom is 0.256 e. The number of rotatable bonds is 4. The van der Waals surface area contributed by atoms with Gasteiger partial charge in [0.25, 0.3) is 11.8 Å². The van der Waals surface area contributed by atoms with Gasteiger partial charge in [-0.25, -0.2) is 0 Å². The molecular formula is C18H22N2O2S. The molecule has 0 saturated heterocycles. The summed E-state index contributed by atoms with van der Waals surface area (Å²) in [4.78, 5) is 26.5. The summed E-state index contributed by atoms with van der Waals surface area (Å²) in [7, 11) is 0. The molecule has 0 spiro atoms. The number of amides is 2. The molecule has 2 rings (SSSR count). The summed E-state index contributed by atoms with van der Waals surface area (Å²) < 4.78 is 0. The normalized spacial score (nSPS) is 10.7. The lowest BCUT2D eigenvalue weighted by molar-refractivity contribution is 0.0942. The fourth-order valence-electron chi connectivity index (χ4n) is 2.34. The van der Waals surface area contributed by atoms with Gasteiger partial charge >= 0.3 is 0 Å². The highest BCUT2D eigenvalue weighted by Gasteiger charge is 2.14. The smallest absolute Gasteiger partial charge is 0.256 e. The van der Waals surface area contributed by atoms with E-state index in [0.717, 1.165) is 21.0 Å². The van der Waals surface area contributed by atoms with Gasteiger partial charge in [-0.3, -0.25) is 9.59 Å². The van der Waals surface area contributed by atoms with Crippen LogP contribution < -0.4 is 10.6 Å². The zero-order valence-corrected chi connectivity index (χ0v) is 14.9. The molecule has 1 aromatic heterocycles. The monoisotopic (exact) mass is 330 g/mol. The number of benzene rings is 1. The summed E-state index contributed by atoms with van der Waals surface area (Å²) in [5.74, 6) is -0.223. The predicted octanol–water partition coefficient (Wildman–Crippen LogP) is 4.06. The average molecular weight is 330 g/mol. The van der Waals surface area contributed by atoms with Crippen LogP contribution in [0.15, 0.2) is 24.3 Å². The summed E-state index contributed by atoms with van der Waals surface area (Å²) in [6.07, 6.45) is 0. The zero-order chi connectivity index (χ0) is 17.1. The van der Waals surface area contributed by atoms with Crippen LogP contribution in [0.4, 0.5) is 5.69 Å². The highest BCUT2D eigenvalue weighted by molar-refractivity contribution is 7.12. The third kappa shape index (κ3) is 4.20. The summed E-state index contributed by atoms with van der Waals surface area (Å²) in [5.41, 5.74) is 2.88. The van der Waals surface area contributed by atoms with Crippen molar-refractivity contribution in [3.05, 3.63) is 50.7 Å². The van der Waals surface area contributed by atoms with Gasteiger partial charge in [0.05, 0.1) is 5.56 Å². The molecule has 4 nitrogen and oxygen atoms in total. The van der Waals surface area contributed by atoms with Crippen LogP contribution in [-0.4, -0.2) is 17.9 Å². The fourth-order valence-corrected chi connectivity index (χ4v) is 3.26. The van der Waals surface area contributed by atoms with Gasteiger partial charge < -0.3 is 10.6 Å². The lowest BCUT2D eigenvalue weighted by Crippen LogP contribution is -2.30. The molecular weight excluding hydrogens is 308 g/mol. The Labute approximate surface area is 140 Å². The van der Waals surface area contributed by atoms with Crippen LogP contribution in [0.3, 0.4) is 0 Å². The molecule has 0 saturated carbocycles. The minimum atomic E-state index is -0.116. The second kappa shape index (κ2) is 6.96. The Morgan fingerprint density at radius 2 is 1.74 bits per heavy atom. The Morgan fingerprint density at radius 1 is 1.04 bits per heavy atom. The molecule has 0 aliphatic carbocycles. The number of carbonyl (C=O) groups is 2. The number of aryl methyl sites for hydroxylation is 3. The molecule has 0 bridgehead atoms. The molecule has 1 aromatic carbocycles. The molecule has 0 radical (unpaired) electrons. The number of hydrogen-bond acceptors (Lipinski definition) is 3. The van der Waals surface area contributed by atoms with Gasteiger partial charge in [0.1, 0.15) is 0 Å². The summed E-state index contributed by atoms with van der Waals surface area (Å²) >= 11 is 1.61. The van der Waals surface area contributed by atoms with Gasteiger partial charge in [-0.15, -0.1) is 11.3 Å². The standard InChI is InChI=1S/C18H22N2O2S/c1-10(2)19-17(21)14-6-7-16(11(3)8-14)20-18(22)15-9-12(4)23-13(15)5/h6-10H,1-5H3,(H,19,21)(H,20,22). The molecule has 0 fully saturated rings. The van der Waals surface area contributed by atoms with Gasteiger partial charge in [0.2, 0.25) is 0 Å². The highest BCUT2D eigenvalue weighted by Crippen LogP contribution is 2.23. The Kier molecular flexibility index (Phi) is 5.21. The number of thiophene rings is 1. The molecule has 0 aliphatic heterocycles. The molecule has 2 aromatic rings. The molecule has 23 heavy (non-hydrogen) atoms. The quantitative estimate of drug-likeness (QED) is 0.888. The van der Waals surface area contributed by atoms with Crippen molar-refractivity contribution in [1.29, 1.82) is 0 Å². The van der Waals surface area contributed by atoms with E-state index in [-0.39, 0.29) is 17.9 Å². The summed E-state index contributed by atoms with van der Waals surface area (Å²) in [6, 6.07) is 7.28. The highest BCUT2D eigenvalue weighted by atomic mass is 32.1. The van der Waals surface area contributed by atoms with E-state index < -0.39 is 0 Å². The van der Waals surface area contributed by atoms with E-state index in [4.69, 9.17) is 0 Å². The minimum absolute atomic E-state index is 0.0898. The Morgan fingerprint density at radius 3 is 2.26 bits per heavy atom. The molecule has 1 heterocycles. The van der Waals surface area contributed by atoms with E-state index in [1.807, 2.05) is 40.7 Å². The molecule has 0 aliphatic rings. The topological polar surface area (TPSA) is 58.2 Å². The van der Waals surface area contributed by atoms with Gasteiger partial charge in [0.15, 0.2) is 0 Å². The molecule has 2 amide bonds. The lowest BCUT2D eigenvalue weighted by Gasteiger charge is -2.12. The SMILES string of the molecule is Cc1cc(C(=O)Nc2ccc(C(=O)NC(C)C)cc2C)c(C)s1. The van der Waals surface area contributed by atoms with Gasteiger partial charge in [-0.05, 0) is 64.4 Å². The van der Waals surface area contributed by atoms with Crippen molar-refractivity contribution in [3.8, 4) is 0 Å². The molecule has 0 atom stereocenters. The second-order valence-corrected chi connectivity index (χ2v) is 7.40. The predicted molar refractivity (Wildman–Crippen MR) is 95.5 cm³/mol. The largest absolute Gasteiger partial charge is 0.350 e. The van der Waals surface area contributed by atoms with Gasteiger partial charge in [-0.1, -0.05) is 0 Å². The zero-order valence-electron chi connectivity index (χ0n) is 14.1. The molecule has 0 unspecified atom stereocenters. The van der Waals surface area contributed by atoms with E-state index in [9.17, 15) is 9.59 Å². The van der Waals surface area contributed by atoms with Crippen LogP contribution in [-0.2, 0) is 0 Å². The first-order valence-electron chi connectivity index (χ1n) is 7.58.